The molecule has 0 saturated carbocycles. The highest BCUT2D eigenvalue weighted by atomic mass is 16.5. The van der Waals surface area contributed by atoms with E-state index in [9.17, 15) is 14.4 Å². The summed E-state index contributed by atoms with van der Waals surface area (Å²) in [6.45, 7) is 1.46. The zero-order chi connectivity index (χ0) is 16.7. The summed E-state index contributed by atoms with van der Waals surface area (Å²) in [5.41, 5.74) is 0.787. The van der Waals surface area contributed by atoms with Crippen LogP contribution in [0.4, 0.5) is 5.69 Å². The van der Waals surface area contributed by atoms with Crippen molar-refractivity contribution in [2.45, 2.75) is 6.92 Å². The van der Waals surface area contributed by atoms with Gasteiger partial charge in [-0.1, -0.05) is 12.1 Å². The number of aromatic nitrogens is 1. The number of para-hydroxylation sites is 1. The SMILES string of the molecule is CCOC(=O)c1ccccc1NC(=O)COC(=O)c1ccc[nH]1. The van der Waals surface area contributed by atoms with Gasteiger partial charge in [-0.05, 0) is 31.2 Å². The largest absolute Gasteiger partial charge is 0.462 e. The fraction of sp³-hybridized carbons (Fsp3) is 0.188. The molecule has 1 heterocycles. The number of carbonyl (C=O) groups excluding carboxylic acids is 3. The monoisotopic (exact) mass is 316 g/mol. The minimum absolute atomic E-state index is 0.231. The zero-order valence-electron chi connectivity index (χ0n) is 12.5. The molecule has 2 aromatic rings. The van der Waals surface area contributed by atoms with Crippen LogP contribution in [-0.2, 0) is 14.3 Å². The summed E-state index contributed by atoms with van der Waals surface area (Å²) in [5, 5.41) is 2.52. The third-order valence-electron chi connectivity index (χ3n) is 2.85. The third kappa shape index (κ3) is 4.44. The molecule has 1 amide bonds. The lowest BCUT2D eigenvalue weighted by molar-refractivity contribution is -0.119. The van der Waals surface area contributed by atoms with Gasteiger partial charge in [0, 0.05) is 6.20 Å². The molecule has 7 nitrogen and oxygen atoms in total. The normalized spacial score (nSPS) is 9.96. The summed E-state index contributed by atoms with van der Waals surface area (Å²) in [4.78, 5) is 38.0. The molecule has 120 valence electrons. The predicted molar refractivity (Wildman–Crippen MR) is 82.1 cm³/mol. The number of aromatic amines is 1. The molecule has 1 aromatic heterocycles. The standard InChI is InChI=1S/C16H16N2O5/c1-2-22-15(20)11-6-3-4-7-12(11)18-14(19)10-23-16(21)13-8-5-9-17-13/h3-9,17H,2,10H2,1H3,(H,18,19). The maximum atomic E-state index is 11.9. The van der Waals surface area contributed by atoms with Crippen LogP contribution < -0.4 is 5.32 Å². The van der Waals surface area contributed by atoms with Crippen molar-refractivity contribution in [3.63, 3.8) is 0 Å². The van der Waals surface area contributed by atoms with Crippen LogP contribution in [0.25, 0.3) is 0 Å². The van der Waals surface area contributed by atoms with Crippen LogP contribution in [0.3, 0.4) is 0 Å². The van der Waals surface area contributed by atoms with Gasteiger partial charge >= 0.3 is 11.9 Å². The van der Waals surface area contributed by atoms with E-state index in [0.717, 1.165) is 0 Å². The maximum Gasteiger partial charge on any atom is 0.355 e. The highest BCUT2D eigenvalue weighted by Crippen LogP contribution is 2.16. The molecule has 1 aromatic carbocycles. The summed E-state index contributed by atoms with van der Waals surface area (Å²) in [6.07, 6.45) is 1.58. The first-order valence-electron chi connectivity index (χ1n) is 6.98. The van der Waals surface area contributed by atoms with Gasteiger partial charge in [0.15, 0.2) is 6.61 Å². The number of hydrogen-bond acceptors (Lipinski definition) is 5. The number of amides is 1. The average Bonchev–Trinajstić information content (AvgIpc) is 3.08. The Labute approximate surface area is 132 Å². The van der Waals surface area contributed by atoms with Crippen molar-refractivity contribution in [1.29, 1.82) is 0 Å². The highest BCUT2D eigenvalue weighted by molar-refractivity contribution is 6.02. The van der Waals surface area contributed by atoms with Crippen molar-refractivity contribution in [3.8, 4) is 0 Å². The van der Waals surface area contributed by atoms with Gasteiger partial charge in [-0.15, -0.1) is 0 Å². The lowest BCUT2D eigenvalue weighted by Gasteiger charge is -2.10. The molecule has 2 N–H and O–H groups in total. The van der Waals surface area contributed by atoms with Gasteiger partial charge in [0.1, 0.15) is 5.69 Å². The van der Waals surface area contributed by atoms with Crippen LogP contribution in [-0.4, -0.2) is 36.0 Å². The molecule has 0 radical (unpaired) electrons. The summed E-state index contributed by atoms with van der Waals surface area (Å²) in [6, 6.07) is 9.62. The number of hydrogen-bond donors (Lipinski definition) is 2. The molecule has 2 rings (SSSR count). The van der Waals surface area contributed by atoms with Gasteiger partial charge in [0.05, 0.1) is 17.9 Å². The number of anilines is 1. The van der Waals surface area contributed by atoms with Gasteiger partial charge < -0.3 is 19.8 Å². The summed E-state index contributed by atoms with van der Waals surface area (Å²) >= 11 is 0. The summed E-state index contributed by atoms with van der Waals surface area (Å²) in [5.74, 6) is -1.72. The molecule has 0 saturated heterocycles. The summed E-state index contributed by atoms with van der Waals surface area (Å²) in [7, 11) is 0. The molecule has 0 atom stereocenters. The van der Waals surface area contributed by atoms with Crippen LogP contribution in [0, 0.1) is 0 Å². The Morgan fingerprint density at radius 2 is 1.83 bits per heavy atom. The molecule has 0 bridgehead atoms. The van der Waals surface area contributed by atoms with Crippen LogP contribution in [0.15, 0.2) is 42.6 Å². The topological polar surface area (TPSA) is 97.5 Å². The van der Waals surface area contributed by atoms with E-state index in [1.807, 2.05) is 0 Å². The van der Waals surface area contributed by atoms with Crippen molar-refractivity contribution >= 4 is 23.5 Å². The molecule has 0 unspecified atom stereocenters. The van der Waals surface area contributed by atoms with Crippen LogP contribution >= 0.6 is 0 Å². The van der Waals surface area contributed by atoms with Crippen LogP contribution in [0.5, 0.6) is 0 Å². The average molecular weight is 316 g/mol. The Morgan fingerprint density at radius 1 is 1.04 bits per heavy atom. The molecule has 7 heteroatoms. The molecule has 0 aliphatic rings. The Kier molecular flexibility index (Phi) is 5.51. The molecule has 0 spiro atoms. The number of H-pyrrole nitrogens is 1. The lowest BCUT2D eigenvalue weighted by Crippen LogP contribution is -2.22. The molecule has 0 aliphatic carbocycles. The molecule has 0 aliphatic heterocycles. The number of benzene rings is 1. The third-order valence-corrected chi connectivity index (χ3v) is 2.85. The van der Waals surface area contributed by atoms with Crippen molar-refractivity contribution < 1.29 is 23.9 Å². The first-order chi connectivity index (χ1) is 11.1. The van der Waals surface area contributed by atoms with E-state index in [1.54, 1.807) is 43.5 Å². The Bertz CT molecular complexity index is 694. The molecular formula is C16H16N2O5. The van der Waals surface area contributed by atoms with Gasteiger partial charge in [-0.25, -0.2) is 9.59 Å². The van der Waals surface area contributed by atoms with Gasteiger partial charge in [0.2, 0.25) is 0 Å². The first kappa shape index (κ1) is 16.3. The number of carbonyl (C=O) groups is 3. The van der Waals surface area contributed by atoms with Crippen molar-refractivity contribution in [1.82, 2.24) is 4.98 Å². The number of rotatable bonds is 6. The first-order valence-corrected chi connectivity index (χ1v) is 6.98. The smallest absolute Gasteiger partial charge is 0.355 e. The second-order valence-electron chi connectivity index (χ2n) is 4.47. The maximum absolute atomic E-state index is 11.9. The van der Waals surface area contributed by atoms with Crippen LogP contribution in [0.2, 0.25) is 0 Å². The fourth-order valence-electron chi connectivity index (χ4n) is 1.83. The van der Waals surface area contributed by atoms with E-state index < -0.39 is 24.5 Å². The molecule has 23 heavy (non-hydrogen) atoms. The van der Waals surface area contributed by atoms with Gasteiger partial charge in [-0.2, -0.15) is 0 Å². The van der Waals surface area contributed by atoms with E-state index >= 15 is 0 Å². The van der Waals surface area contributed by atoms with Crippen LogP contribution in [0.1, 0.15) is 27.8 Å². The Hall–Kier alpha value is -3.09. The minimum Gasteiger partial charge on any atom is -0.462 e. The van der Waals surface area contributed by atoms with E-state index in [0.29, 0.717) is 5.69 Å². The van der Waals surface area contributed by atoms with E-state index in [-0.39, 0.29) is 17.9 Å². The predicted octanol–water partition coefficient (Wildman–Crippen LogP) is 1.99. The Balaban J connectivity index is 1.95. The second kappa shape index (κ2) is 7.79. The summed E-state index contributed by atoms with van der Waals surface area (Å²) < 4.78 is 9.79. The van der Waals surface area contributed by atoms with Crippen molar-refractivity contribution in [2.75, 3.05) is 18.5 Å². The Morgan fingerprint density at radius 3 is 2.52 bits per heavy atom. The number of esters is 2. The second-order valence-corrected chi connectivity index (χ2v) is 4.47. The molecule has 0 fully saturated rings. The fourth-order valence-corrected chi connectivity index (χ4v) is 1.83. The van der Waals surface area contributed by atoms with Crippen molar-refractivity contribution in [2.24, 2.45) is 0 Å². The number of nitrogens with one attached hydrogen (secondary N) is 2. The minimum atomic E-state index is -0.635. The quantitative estimate of drug-likeness (QED) is 0.794. The van der Waals surface area contributed by atoms with E-state index in [4.69, 9.17) is 9.47 Å². The lowest BCUT2D eigenvalue weighted by atomic mass is 10.2. The van der Waals surface area contributed by atoms with Gasteiger partial charge in [-0.3, -0.25) is 4.79 Å². The van der Waals surface area contributed by atoms with E-state index in [1.165, 1.54) is 6.07 Å². The van der Waals surface area contributed by atoms with Gasteiger partial charge in [0.25, 0.3) is 5.91 Å². The number of ether oxygens (including phenoxy) is 2. The zero-order valence-corrected chi connectivity index (χ0v) is 12.5. The molecular weight excluding hydrogens is 300 g/mol. The van der Waals surface area contributed by atoms with Crippen molar-refractivity contribution in [3.05, 3.63) is 53.9 Å². The van der Waals surface area contributed by atoms with E-state index in [2.05, 4.69) is 10.3 Å². The highest BCUT2D eigenvalue weighted by Gasteiger charge is 2.15.